The van der Waals surface area contributed by atoms with Crippen molar-refractivity contribution in [2.75, 3.05) is 12.3 Å². The molecule has 0 fully saturated rings. The van der Waals surface area contributed by atoms with E-state index in [9.17, 15) is 0 Å². The minimum Gasteiger partial charge on any atom is -0.398 e. The second kappa shape index (κ2) is 5.09. The zero-order valence-corrected chi connectivity index (χ0v) is 9.88. The number of nitrogens with two attached hydrogens (primary N) is 1. The van der Waals surface area contributed by atoms with Gasteiger partial charge in [-0.3, -0.25) is 0 Å². The van der Waals surface area contributed by atoms with Crippen LogP contribution in [0.4, 0.5) is 5.69 Å². The van der Waals surface area contributed by atoms with Crippen LogP contribution in [0.15, 0.2) is 16.0 Å². The molecule has 6 heteroatoms. The van der Waals surface area contributed by atoms with Gasteiger partial charge in [-0.1, -0.05) is 5.16 Å². The summed E-state index contributed by atoms with van der Waals surface area (Å²) in [6, 6.07) is 1.92. The third-order valence-electron chi connectivity index (χ3n) is 2.16. The number of thiophene rings is 1. The summed E-state index contributed by atoms with van der Waals surface area (Å²) in [5.74, 6) is 1.35. The van der Waals surface area contributed by atoms with E-state index < -0.39 is 0 Å². The Morgan fingerprint density at radius 1 is 1.56 bits per heavy atom. The van der Waals surface area contributed by atoms with Gasteiger partial charge in [-0.25, -0.2) is 0 Å². The highest BCUT2D eigenvalue weighted by Crippen LogP contribution is 2.17. The Labute approximate surface area is 97.7 Å². The summed E-state index contributed by atoms with van der Waals surface area (Å²) in [5.41, 5.74) is 6.62. The molecule has 2 aromatic heterocycles. The van der Waals surface area contributed by atoms with Crippen LogP contribution in [0.3, 0.4) is 0 Å². The number of hydrogen-bond acceptors (Lipinski definition) is 6. The quantitative estimate of drug-likeness (QED) is 0.769. The van der Waals surface area contributed by atoms with Crippen molar-refractivity contribution in [3.8, 4) is 0 Å². The number of nitrogen functional groups attached to an aromatic ring is 1. The van der Waals surface area contributed by atoms with Crippen molar-refractivity contribution in [1.82, 2.24) is 15.5 Å². The van der Waals surface area contributed by atoms with Crippen LogP contribution in [0.5, 0.6) is 0 Å². The van der Waals surface area contributed by atoms with E-state index >= 15 is 0 Å². The van der Waals surface area contributed by atoms with Gasteiger partial charge < -0.3 is 15.6 Å². The second-order valence-electron chi connectivity index (χ2n) is 3.46. The molecule has 0 saturated heterocycles. The molecule has 0 aliphatic carbocycles. The van der Waals surface area contributed by atoms with E-state index in [0.717, 1.165) is 31.0 Å². The highest BCUT2D eigenvalue weighted by Gasteiger charge is 2.02. The van der Waals surface area contributed by atoms with Crippen LogP contribution in [-0.2, 0) is 13.0 Å². The van der Waals surface area contributed by atoms with Gasteiger partial charge in [-0.2, -0.15) is 4.98 Å². The first-order valence-electron chi connectivity index (χ1n) is 5.07. The second-order valence-corrected chi connectivity index (χ2v) is 4.46. The summed E-state index contributed by atoms with van der Waals surface area (Å²) in [5, 5.41) is 9.11. The molecule has 2 aromatic rings. The van der Waals surface area contributed by atoms with Gasteiger partial charge >= 0.3 is 0 Å². The molecular weight excluding hydrogens is 224 g/mol. The lowest BCUT2D eigenvalue weighted by Crippen LogP contribution is -2.17. The predicted octanol–water partition coefficient (Wildman–Crippen LogP) is 1.35. The lowest BCUT2D eigenvalue weighted by molar-refractivity contribution is 0.387. The Morgan fingerprint density at radius 2 is 2.44 bits per heavy atom. The van der Waals surface area contributed by atoms with Gasteiger partial charge in [0.25, 0.3) is 0 Å². The van der Waals surface area contributed by atoms with E-state index in [0.29, 0.717) is 5.89 Å². The van der Waals surface area contributed by atoms with E-state index in [4.69, 9.17) is 10.3 Å². The highest BCUT2D eigenvalue weighted by molar-refractivity contribution is 7.10. The van der Waals surface area contributed by atoms with Crippen molar-refractivity contribution in [1.29, 1.82) is 0 Å². The molecule has 2 heterocycles. The molecule has 0 atom stereocenters. The summed E-state index contributed by atoms with van der Waals surface area (Å²) in [4.78, 5) is 5.29. The van der Waals surface area contributed by atoms with Crippen molar-refractivity contribution in [3.63, 3.8) is 0 Å². The van der Waals surface area contributed by atoms with Gasteiger partial charge in [0.1, 0.15) is 0 Å². The van der Waals surface area contributed by atoms with Crippen LogP contribution in [-0.4, -0.2) is 16.7 Å². The molecule has 0 spiro atoms. The van der Waals surface area contributed by atoms with Crippen molar-refractivity contribution in [2.24, 2.45) is 0 Å². The molecule has 16 heavy (non-hydrogen) atoms. The summed E-state index contributed by atoms with van der Waals surface area (Å²) in [7, 11) is 0. The van der Waals surface area contributed by atoms with Gasteiger partial charge in [0.15, 0.2) is 5.82 Å². The van der Waals surface area contributed by atoms with Crippen LogP contribution in [0, 0.1) is 6.92 Å². The summed E-state index contributed by atoms with van der Waals surface area (Å²) in [6.45, 7) is 3.40. The molecule has 5 nitrogen and oxygen atoms in total. The monoisotopic (exact) mass is 238 g/mol. The molecule has 3 N–H and O–H groups in total. The normalized spacial score (nSPS) is 10.8. The number of rotatable bonds is 5. The maximum absolute atomic E-state index is 5.77. The number of aryl methyl sites for hydroxylation is 1. The predicted molar refractivity (Wildman–Crippen MR) is 63.2 cm³/mol. The minimum atomic E-state index is 0.609. The van der Waals surface area contributed by atoms with E-state index in [2.05, 4.69) is 15.5 Å². The molecule has 0 aliphatic heterocycles. The molecule has 0 aromatic carbocycles. The Morgan fingerprint density at radius 3 is 3.06 bits per heavy atom. The summed E-state index contributed by atoms with van der Waals surface area (Å²) in [6.07, 6.45) is 0.766. The lowest BCUT2D eigenvalue weighted by atomic mass is 10.3. The zero-order valence-electron chi connectivity index (χ0n) is 9.06. The Kier molecular flexibility index (Phi) is 3.53. The first kappa shape index (κ1) is 11.1. The van der Waals surface area contributed by atoms with Crippen molar-refractivity contribution >= 4 is 17.0 Å². The fraction of sp³-hybridized carbons (Fsp3) is 0.400. The topological polar surface area (TPSA) is 77.0 Å². The molecule has 2 rings (SSSR count). The van der Waals surface area contributed by atoms with Crippen LogP contribution in [0.25, 0.3) is 0 Å². The van der Waals surface area contributed by atoms with Gasteiger partial charge in [-0.15, -0.1) is 11.3 Å². The first-order valence-corrected chi connectivity index (χ1v) is 5.95. The maximum Gasteiger partial charge on any atom is 0.223 e. The largest absolute Gasteiger partial charge is 0.398 e. The number of nitrogens with zero attached hydrogens (tertiary/aromatic N) is 2. The van der Waals surface area contributed by atoms with Crippen LogP contribution >= 0.6 is 11.3 Å². The average molecular weight is 238 g/mol. The van der Waals surface area contributed by atoms with Gasteiger partial charge in [-0.05, 0) is 11.4 Å². The number of anilines is 1. The van der Waals surface area contributed by atoms with Crippen LogP contribution in [0.2, 0.25) is 0 Å². The van der Waals surface area contributed by atoms with Crippen LogP contribution in [0.1, 0.15) is 16.6 Å². The lowest BCUT2D eigenvalue weighted by Gasteiger charge is -2.01. The molecular formula is C10H14N4OS. The van der Waals surface area contributed by atoms with Crippen molar-refractivity contribution in [3.05, 3.63) is 28.0 Å². The van der Waals surface area contributed by atoms with Gasteiger partial charge in [0, 0.05) is 37.0 Å². The van der Waals surface area contributed by atoms with E-state index in [1.165, 1.54) is 4.88 Å². The first-order chi connectivity index (χ1) is 7.75. The molecule has 86 valence electrons. The standard InChI is InChI=1S/C10H14N4OS/c1-7-13-10(14-15-7)2-4-12-6-9-8(11)3-5-16-9/h3,5,12H,2,4,6,11H2,1H3. The Bertz CT molecular complexity index is 451. The highest BCUT2D eigenvalue weighted by atomic mass is 32.1. The average Bonchev–Trinajstić information content (AvgIpc) is 2.83. The molecule has 0 aliphatic rings. The van der Waals surface area contributed by atoms with Crippen LogP contribution < -0.4 is 11.1 Å². The molecule has 0 unspecified atom stereocenters. The zero-order chi connectivity index (χ0) is 11.4. The third kappa shape index (κ3) is 2.80. The van der Waals surface area contributed by atoms with E-state index in [-0.39, 0.29) is 0 Å². The number of hydrogen-bond donors (Lipinski definition) is 2. The van der Waals surface area contributed by atoms with Crippen molar-refractivity contribution in [2.45, 2.75) is 19.9 Å². The maximum atomic E-state index is 5.77. The smallest absolute Gasteiger partial charge is 0.223 e. The fourth-order valence-corrected chi connectivity index (χ4v) is 2.11. The third-order valence-corrected chi connectivity index (χ3v) is 3.10. The molecule has 0 amide bonds. The molecule has 0 radical (unpaired) electrons. The SMILES string of the molecule is Cc1nc(CCNCc2sccc2N)no1. The van der Waals surface area contributed by atoms with E-state index in [1.54, 1.807) is 18.3 Å². The Hall–Kier alpha value is -1.40. The van der Waals surface area contributed by atoms with Gasteiger partial charge in [0.2, 0.25) is 5.89 Å². The fourth-order valence-electron chi connectivity index (χ4n) is 1.34. The Balaban J connectivity index is 1.71. The van der Waals surface area contributed by atoms with Gasteiger partial charge in [0.05, 0.1) is 0 Å². The van der Waals surface area contributed by atoms with E-state index in [1.807, 2.05) is 11.4 Å². The van der Waals surface area contributed by atoms with Crippen molar-refractivity contribution < 1.29 is 4.52 Å². The summed E-state index contributed by atoms with van der Waals surface area (Å²) >= 11 is 1.66. The molecule has 0 saturated carbocycles. The molecule has 0 bridgehead atoms. The number of aromatic nitrogens is 2. The summed E-state index contributed by atoms with van der Waals surface area (Å²) < 4.78 is 4.88. The number of nitrogens with one attached hydrogen (secondary N) is 1. The minimum absolute atomic E-state index is 0.609.